The zero-order chi connectivity index (χ0) is 13.0. The summed E-state index contributed by atoms with van der Waals surface area (Å²) in [6.45, 7) is 7.65. The summed E-state index contributed by atoms with van der Waals surface area (Å²) in [5.74, 6) is 1.13. The highest BCUT2D eigenvalue weighted by atomic mass is 16.3. The Labute approximate surface area is 109 Å². The Morgan fingerprint density at radius 3 is 2.61 bits per heavy atom. The summed E-state index contributed by atoms with van der Waals surface area (Å²) < 4.78 is 5.97. The lowest BCUT2D eigenvalue weighted by molar-refractivity contribution is 0.490. The van der Waals surface area contributed by atoms with Crippen LogP contribution >= 0.6 is 0 Å². The number of benzene rings is 1. The highest BCUT2D eigenvalue weighted by molar-refractivity contribution is 5.82. The van der Waals surface area contributed by atoms with Gasteiger partial charge < -0.3 is 9.73 Å². The van der Waals surface area contributed by atoms with E-state index >= 15 is 0 Å². The highest BCUT2D eigenvalue weighted by Crippen LogP contribution is 2.32. The van der Waals surface area contributed by atoms with E-state index in [0.29, 0.717) is 6.04 Å². The van der Waals surface area contributed by atoms with E-state index in [1.165, 1.54) is 10.9 Å². The lowest BCUT2D eigenvalue weighted by Crippen LogP contribution is -2.22. The van der Waals surface area contributed by atoms with Gasteiger partial charge in [-0.1, -0.05) is 39.0 Å². The van der Waals surface area contributed by atoms with Gasteiger partial charge >= 0.3 is 0 Å². The van der Waals surface area contributed by atoms with Gasteiger partial charge in [0.2, 0.25) is 0 Å². The van der Waals surface area contributed by atoms with Gasteiger partial charge in [-0.25, -0.2) is 0 Å². The smallest absolute Gasteiger partial charge is 0.134 e. The van der Waals surface area contributed by atoms with Gasteiger partial charge in [0.1, 0.15) is 11.3 Å². The van der Waals surface area contributed by atoms with Crippen molar-refractivity contribution in [3.8, 4) is 0 Å². The molecule has 18 heavy (non-hydrogen) atoms. The molecule has 2 heteroatoms. The Bertz CT molecular complexity index is 501. The average molecular weight is 245 g/mol. The molecule has 0 aliphatic rings. The highest BCUT2D eigenvalue weighted by Gasteiger charge is 2.19. The molecule has 0 bridgehead atoms. The van der Waals surface area contributed by atoms with Gasteiger partial charge in [-0.2, -0.15) is 0 Å². The number of para-hydroxylation sites is 1. The molecule has 0 amide bonds. The molecular formula is C16H23NO. The molecule has 2 aromatic rings. The summed E-state index contributed by atoms with van der Waals surface area (Å²) in [5.41, 5.74) is 2.38. The molecule has 98 valence electrons. The SMILES string of the molecule is CCCNC(CC)c1c(CC)oc2ccccc12. The third kappa shape index (κ3) is 2.44. The quantitative estimate of drug-likeness (QED) is 0.813. The van der Waals surface area contributed by atoms with Crippen LogP contribution in [0.3, 0.4) is 0 Å². The molecule has 0 saturated heterocycles. The average Bonchev–Trinajstić information content (AvgIpc) is 2.79. The van der Waals surface area contributed by atoms with Crippen LogP contribution in [0.4, 0.5) is 0 Å². The van der Waals surface area contributed by atoms with Crippen molar-refractivity contribution in [1.82, 2.24) is 5.32 Å². The first-order valence-electron chi connectivity index (χ1n) is 7.05. The molecule has 1 atom stereocenters. The summed E-state index contributed by atoms with van der Waals surface area (Å²) >= 11 is 0. The van der Waals surface area contributed by atoms with E-state index in [1.54, 1.807) is 0 Å². The Kier molecular flexibility index (Phi) is 4.43. The molecule has 1 N–H and O–H groups in total. The fourth-order valence-corrected chi connectivity index (χ4v) is 2.53. The first-order chi connectivity index (χ1) is 8.81. The monoisotopic (exact) mass is 245 g/mol. The van der Waals surface area contributed by atoms with E-state index in [4.69, 9.17) is 4.42 Å². The molecule has 0 fully saturated rings. The summed E-state index contributed by atoms with van der Waals surface area (Å²) in [7, 11) is 0. The summed E-state index contributed by atoms with van der Waals surface area (Å²) in [4.78, 5) is 0. The third-order valence-electron chi connectivity index (χ3n) is 3.43. The van der Waals surface area contributed by atoms with Crippen molar-refractivity contribution in [2.75, 3.05) is 6.54 Å². The van der Waals surface area contributed by atoms with E-state index < -0.39 is 0 Å². The van der Waals surface area contributed by atoms with E-state index in [2.05, 4.69) is 44.3 Å². The zero-order valence-corrected chi connectivity index (χ0v) is 11.6. The van der Waals surface area contributed by atoms with Crippen molar-refractivity contribution in [1.29, 1.82) is 0 Å². The number of nitrogens with one attached hydrogen (secondary N) is 1. The molecule has 2 rings (SSSR count). The third-order valence-corrected chi connectivity index (χ3v) is 3.43. The minimum Gasteiger partial charge on any atom is -0.461 e. The maximum Gasteiger partial charge on any atom is 0.134 e. The van der Waals surface area contributed by atoms with Crippen LogP contribution in [0.2, 0.25) is 0 Å². The summed E-state index contributed by atoms with van der Waals surface area (Å²) in [6.07, 6.45) is 3.21. The van der Waals surface area contributed by atoms with Crippen LogP contribution < -0.4 is 5.32 Å². The van der Waals surface area contributed by atoms with Gasteiger partial charge in [0.25, 0.3) is 0 Å². The molecule has 2 nitrogen and oxygen atoms in total. The van der Waals surface area contributed by atoms with E-state index in [-0.39, 0.29) is 0 Å². The first-order valence-corrected chi connectivity index (χ1v) is 7.05. The van der Waals surface area contributed by atoms with Crippen molar-refractivity contribution >= 4 is 11.0 Å². The van der Waals surface area contributed by atoms with Gasteiger partial charge in [-0.05, 0) is 25.5 Å². The maximum atomic E-state index is 5.97. The fourth-order valence-electron chi connectivity index (χ4n) is 2.53. The molecule has 1 aromatic heterocycles. The van der Waals surface area contributed by atoms with Crippen molar-refractivity contribution in [2.45, 2.75) is 46.1 Å². The van der Waals surface area contributed by atoms with Gasteiger partial charge in [-0.3, -0.25) is 0 Å². The Hall–Kier alpha value is -1.28. The number of aryl methyl sites for hydroxylation is 1. The van der Waals surface area contributed by atoms with Crippen LogP contribution in [0.5, 0.6) is 0 Å². The van der Waals surface area contributed by atoms with Gasteiger partial charge in [0, 0.05) is 23.4 Å². The molecule has 1 heterocycles. The van der Waals surface area contributed by atoms with Gasteiger partial charge in [0.05, 0.1) is 0 Å². The molecule has 0 aliphatic heterocycles. The first kappa shape index (κ1) is 13.2. The van der Waals surface area contributed by atoms with E-state index in [9.17, 15) is 0 Å². The van der Waals surface area contributed by atoms with E-state index in [1.807, 2.05) is 6.07 Å². The topological polar surface area (TPSA) is 25.2 Å². The summed E-state index contributed by atoms with van der Waals surface area (Å²) in [5, 5.41) is 4.90. The van der Waals surface area contributed by atoms with Crippen LogP contribution in [-0.2, 0) is 6.42 Å². The Morgan fingerprint density at radius 2 is 1.94 bits per heavy atom. The van der Waals surface area contributed by atoms with Crippen molar-refractivity contribution in [3.63, 3.8) is 0 Å². The van der Waals surface area contributed by atoms with Crippen molar-refractivity contribution in [2.24, 2.45) is 0 Å². The van der Waals surface area contributed by atoms with Crippen LogP contribution in [0, 0.1) is 0 Å². The molecular weight excluding hydrogens is 222 g/mol. The lowest BCUT2D eigenvalue weighted by atomic mass is 9.99. The van der Waals surface area contributed by atoms with Crippen LogP contribution in [0.15, 0.2) is 28.7 Å². The van der Waals surface area contributed by atoms with Gasteiger partial charge in [-0.15, -0.1) is 0 Å². The predicted molar refractivity (Wildman–Crippen MR) is 76.9 cm³/mol. The lowest BCUT2D eigenvalue weighted by Gasteiger charge is -2.17. The number of rotatable bonds is 6. The minimum absolute atomic E-state index is 0.406. The van der Waals surface area contributed by atoms with Crippen molar-refractivity contribution in [3.05, 3.63) is 35.6 Å². The number of hydrogen-bond acceptors (Lipinski definition) is 2. The molecule has 0 aliphatic carbocycles. The van der Waals surface area contributed by atoms with Crippen LogP contribution in [-0.4, -0.2) is 6.54 Å². The Balaban J connectivity index is 2.45. The molecule has 0 spiro atoms. The molecule has 0 radical (unpaired) electrons. The van der Waals surface area contributed by atoms with Crippen LogP contribution in [0.1, 0.15) is 51.0 Å². The zero-order valence-electron chi connectivity index (χ0n) is 11.6. The second kappa shape index (κ2) is 6.05. The van der Waals surface area contributed by atoms with E-state index in [0.717, 1.165) is 37.2 Å². The van der Waals surface area contributed by atoms with Crippen LogP contribution in [0.25, 0.3) is 11.0 Å². The van der Waals surface area contributed by atoms with Gasteiger partial charge in [0.15, 0.2) is 0 Å². The molecule has 1 unspecified atom stereocenters. The molecule has 0 saturated carbocycles. The molecule has 1 aromatic carbocycles. The number of furan rings is 1. The maximum absolute atomic E-state index is 5.97. The normalized spacial score (nSPS) is 13.1. The fraction of sp³-hybridized carbons (Fsp3) is 0.500. The Morgan fingerprint density at radius 1 is 1.17 bits per heavy atom. The van der Waals surface area contributed by atoms with Crippen molar-refractivity contribution < 1.29 is 4.42 Å². The second-order valence-corrected chi connectivity index (χ2v) is 4.70. The summed E-state index contributed by atoms with van der Waals surface area (Å²) in [6, 6.07) is 8.76. The number of hydrogen-bond donors (Lipinski definition) is 1. The largest absolute Gasteiger partial charge is 0.461 e. The minimum atomic E-state index is 0.406. The standard InChI is InChI=1S/C16H23NO/c1-4-11-17-13(5-2)16-12-9-7-8-10-15(12)18-14(16)6-3/h7-10,13,17H,4-6,11H2,1-3H3. The second-order valence-electron chi connectivity index (χ2n) is 4.70. The predicted octanol–water partition coefficient (Wildman–Crippen LogP) is 4.45. The number of fused-ring (bicyclic) bond motifs is 1.